The van der Waals surface area contributed by atoms with Crippen molar-refractivity contribution in [3.63, 3.8) is 0 Å². The Bertz CT molecular complexity index is 605. The third kappa shape index (κ3) is 3.14. The molecular formula is C11H11ClN4O3. The lowest BCUT2D eigenvalue weighted by Crippen LogP contribution is -2.23. The highest BCUT2D eigenvalue weighted by molar-refractivity contribution is 6.32. The minimum atomic E-state index is -0.404. The minimum absolute atomic E-state index is 0.0234. The molecule has 2 amide bonds. The number of hydrogen-bond acceptors (Lipinski definition) is 4. The largest absolute Gasteiger partial charge is 0.452 e. The highest BCUT2D eigenvalue weighted by Crippen LogP contribution is 2.18. The molecule has 0 spiro atoms. The van der Waals surface area contributed by atoms with E-state index in [4.69, 9.17) is 16.0 Å². The molecule has 0 saturated carbocycles. The van der Waals surface area contributed by atoms with Crippen molar-refractivity contribution in [1.82, 2.24) is 15.1 Å². The van der Waals surface area contributed by atoms with Crippen LogP contribution in [0.15, 0.2) is 29.1 Å². The molecule has 0 fully saturated rings. The van der Waals surface area contributed by atoms with Gasteiger partial charge in [-0.2, -0.15) is 5.10 Å². The van der Waals surface area contributed by atoms with Gasteiger partial charge in [0.15, 0.2) is 0 Å². The first-order chi connectivity index (χ1) is 9.10. The molecule has 8 heteroatoms. The van der Waals surface area contributed by atoms with Gasteiger partial charge in [0.05, 0.1) is 23.7 Å². The van der Waals surface area contributed by atoms with Crippen molar-refractivity contribution in [1.29, 1.82) is 0 Å². The van der Waals surface area contributed by atoms with E-state index in [-0.39, 0.29) is 23.2 Å². The number of amides is 2. The molecular weight excluding hydrogens is 272 g/mol. The molecule has 0 aliphatic carbocycles. The van der Waals surface area contributed by atoms with Crippen LogP contribution < -0.4 is 10.6 Å². The van der Waals surface area contributed by atoms with Crippen LogP contribution in [0.5, 0.6) is 0 Å². The number of carbonyl (C=O) groups excluding carboxylic acids is 2. The van der Waals surface area contributed by atoms with Gasteiger partial charge in [0.1, 0.15) is 6.54 Å². The van der Waals surface area contributed by atoms with Gasteiger partial charge < -0.3 is 15.1 Å². The Labute approximate surface area is 113 Å². The molecule has 0 aliphatic rings. The molecule has 0 aromatic carbocycles. The predicted molar refractivity (Wildman–Crippen MR) is 68.0 cm³/mol. The molecule has 19 heavy (non-hydrogen) atoms. The van der Waals surface area contributed by atoms with Crippen LogP contribution in [-0.2, 0) is 11.3 Å². The number of aromatic nitrogens is 2. The van der Waals surface area contributed by atoms with Crippen molar-refractivity contribution < 1.29 is 14.0 Å². The van der Waals surface area contributed by atoms with Crippen LogP contribution in [0.2, 0.25) is 5.22 Å². The number of hydrogen-bond donors (Lipinski definition) is 2. The van der Waals surface area contributed by atoms with Gasteiger partial charge in [0.25, 0.3) is 5.91 Å². The summed E-state index contributed by atoms with van der Waals surface area (Å²) in [6, 6.07) is 1.46. The SMILES string of the molecule is CNC(=O)Cn1cc(NC(=O)c2ccoc2Cl)cn1. The molecule has 2 aromatic heterocycles. The van der Waals surface area contributed by atoms with Crippen molar-refractivity contribution in [3.05, 3.63) is 35.5 Å². The summed E-state index contributed by atoms with van der Waals surface area (Å²) in [5.41, 5.74) is 0.701. The Balaban J connectivity index is 2.02. The summed E-state index contributed by atoms with van der Waals surface area (Å²) < 4.78 is 6.23. The second-order valence-corrected chi connectivity index (χ2v) is 4.01. The van der Waals surface area contributed by atoms with Gasteiger partial charge in [-0.25, -0.2) is 0 Å². The van der Waals surface area contributed by atoms with E-state index in [1.165, 1.54) is 30.3 Å². The molecule has 0 bridgehead atoms. The standard InChI is InChI=1S/C11H11ClN4O3/c1-13-9(17)6-16-5-7(4-14-16)15-11(18)8-2-3-19-10(8)12/h2-5H,6H2,1H3,(H,13,17)(H,15,18). The summed E-state index contributed by atoms with van der Waals surface area (Å²) in [6.07, 6.45) is 4.31. The van der Waals surface area contributed by atoms with Gasteiger partial charge in [-0.05, 0) is 17.7 Å². The molecule has 2 N–H and O–H groups in total. The highest BCUT2D eigenvalue weighted by Gasteiger charge is 2.14. The molecule has 2 rings (SSSR count). The van der Waals surface area contributed by atoms with E-state index in [0.29, 0.717) is 5.69 Å². The molecule has 100 valence electrons. The fraction of sp³-hybridized carbons (Fsp3) is 0.182. The van der Waals surface area contributed by atoms with Crippen molar-refractivity contribution in [2.45, 2.75) is 6.54 Å². The van der Waals surface area contributed by atoms with Gasteiger partial charge in [-0.1, -0.05) is 0 Å². The molecule has 7 nitrogen and oxygen atoms in total. The van der Waals surface area contributed by atoms with E-state index >= 15 is 0 Å². The summed E-state index contributed by atoms with van der Waals surface area (Å²) in [5.74, 6) is -0.586. The average molecular weight is 283 g/mol. The number of furan rings is 1. The fourth-order valence-electron chi connectivity index (χ4n) is 1.39. The fourth-order valence-corrected chi connectivity index (χ4v) is 1.60. The monoisotopic (exact) mass is 282 g/mol. The van der Waals surface area contributed by atoms with Crippen LogP contribution in [0.1, 0.15) is 10.4 Å². The van der Waals surface area contributed by atoms with E-state index in [9.17, 15) is 9.59 Å². The first kappa shape index (κ1) is 13.2. The summed E-state index contributed by atoms with van der Waals surface area (Å²) in [6.45, 7) is 0.0822. The average Bonchev–Trinajstić information content (AvgIpc) is 2.98. The maximum absolute atomic E-state index is 11.8. The van der Waals surface area contributed by atoms with Crippen molar-refractivity contribution in [3.8, 4) is 0 Å². The number of rotatable bonds is 4. The minimum Gasteiger partial charge on any atom is -0.452 e. The van der Waals surface area contributed by atoms with Crippen molar-refractivity contribution in [2.24, 2.45) is 0 Å². The summed E-state index contributed by atoms with van der Waals surface area (Å²) in [4.78, 5) is 23.0. The van der Waals surface area contributed by atoms with Gasteiger partial charge >= 0.3 is 0 Å². The zero-order valence-electron chi connectivity index (χ0n) is 10.0. The quantitative estimate of drug-likeness (QED) is 0.880. The second-order valence-electron chi connectivity index (χ2n) is 3.66. The molecule has 0 atom stereocenters. The molecule has 2 aromatic rings. The lowest BCUT2D eigenvalue weighted by atomic mass is 10.3. The van der Waals surface area contributed by atoms with Crippen LogP contribution >= 0.6 is 11.6 Å². The third-order valence-corrected chi connectivity index (χ3v) is 2.63. The first-order valence-corrected chi connectivity index (χ1v) is 5.75. The second kappa shape index (κ2) is 5.57. The Morgan fingerprint density at radius 3 is 2.95 bits per heavy atom. The van der Waals surface area contributed by atoms with Crippen LogP contribution in [-0.4, -0.2) is 28.6 Å². The lowest BCUT2D eigenvalue weighted by molar-refractivity contribution is -0.121. The molecule has 0 unspecified atom stereocenters. The molecule has 0 saturated heterocycles. The predicted octanol–water partition coefficient (Wildman–Crippen LogP) is 1.13. The highest BCUT2D eigenvalue weighted by atomic mass is 35.5. The van der Waals surface area contributed by atoms with Crippen LogP contribution in [0.25, 0.3) is 0 Å². The Morgan fingerprint density at radius 1 is 1.53 bits per heavy atom. The summed E-state index contributed by atoms with van der Waals surface area (Å²) in [5, 5.41) is 9.04. The lowest BCUT2D eigenvalue weighted by Gasteiger charge is -2.00. The number of carbonyl (C=O) groups is 2. The van der Waals surface area contributed by atoms with Crippen LogP contribution in [0, 0.1) is 0 Å². The van der Waals surface area contributed by atoms with Gasteiger partial charge in [0, 0.05) is 13.2 Å². The Morgan fingerprint density at radius 2 is 2.32 bits per heavy atom. The molecule has 2 heterocycles. The summed E-state index contributed by atoms with van der Waals surface area (Å²) >= 11 is 5.69. The van der Waals surface area contributed by atoms with E-state index in [2.05, 4.69) is 15.7 Å². The van der Waals surface area contributed by atoms with E-state index in [1.54, 1.807) is 6.20 Å². The first-order valence-electron chi connectivity index (χ1n) is 5.37. The van der Waals surface area contributed by atoms with E-state index < -0.39 is 5.91 Å². The van der Waals surface area contributed by atoms with Crippen LogP contribution in [0.4, 0.5) is 5.69 Å². The van der Waals surface area contributed by atoms with Gasteiger partial charge in [0.2, 0.25) is 11.1 Å². The third-order valence-electron chi connectivity index (χ3n) is 2.34. The zero-order valence-corrected chi connectivity index (χ0v) is 10.8. The number of nitrogens with one attached hydrogen (secondary N) is 2. The maximum atomic E-state index is 11.8. The zero-order chi connectivity index (χ0) is 13.8. The summed E-state index contributed by atoms with van der Waals surface area (Å²) in [7, 11) is 1.54. The topological polar surface area (TPSA) is 89.2 Å². The van der Waals surface area contributed by atoms with Crippen molar-refractivity contribution >= 4 is 29.1 Å². The van der Waals surface area contributed by atoms with Crippen molar-refractivity contribution in [2.75, 3.05) is 12.4 Å². The number of likely N-dealkylation sites (N-methyl/N-ethyl adjacent to an activating group) is 1. The van der Waals surface area contributed by atoms with Gasteiger partial charge in [-0.15, -0.1) is 0 Å². The maximum Gasteiger partial charge on any atom is 0.260 e. The van der Waals surface area contributed by atoms with Crippen LogP contribution in [0.3, 0.4) is 0 Å². The number of anilines is 1. The smallest absolute Gasteiger partial charge is 0.260 e. The van der Waals surface area contributed by atoms with Gasteiger partial charge in [-0.3, -0.25) is 14.3 Å². The molecule has 0 radical (unpaired) electrons. The number of nitrogens with zero attached hydrogens (tertiary/aromatic N) is 2. The van der Waals surface area contributed by atoms with E-state index in [1.807, 2.05) is 0 Å². The number of halogens is 1. The Hall–Kier alpha value is -2.28. The molecule has 0 aliphatic heterocycles. The normalized spacial score (nSPS) is 10.2. The van der Waals surface area contributed by atoms with E-state index in [0.717, 1.165) is 0 Å². The Kier molecular flexibility index (Phi) is 3.86.